The van der Waals surface area contributed by atoms with Gasteiger partial charge in [-0.3, -0.25) is 4.79 Å². The molecule has 0 aliphatic rings. The molecule has 0 heterocycles. The van der Waals surface area contributed by atoms with Crippen LogP contribution in [-0.4, -0.2) is 45.8 Å². The first-order chi connectivity index (χ1) is 6.91. The average Bonchev–Trinajstić information content (AvgIpc) is 2.21. The van der Waals surface area contributed by atoms with Crippen molar-refractivity contribution in [1.29, 1.82) is 0 Å². The number of hydrogen-bond donors (Lipinski definition) is 0. The van der Waals surface area contributed by atoms with Crippen LogP contribution in [0.25, 0.3) is 0 Å². The molecule has 0 aromatic carbocycles. The molecule has 5 heteroatoms. The van der Waals surface area contributed by atoms with E-state index in [4.69, 9.17) is 9.47 Å². The quantitative estimate of drug-likeness (QED) is 0.354. The first-order valence-electron chi connectivity index (χ1n) is 4.56. The van der Waals surface area contributed by atoms with Crippen LogP contribution in [0.15, 0.2) is 0 Å². The zero-order chi connectivity index (χ0) is 10.5. The molecule has 0 saturated heterocycles. The minimum Gasteiger partial charge on any atom is -0.465 e. The summed E-state index contributed by atoms with van der Waals surface area (Å²) in [6.07, 6.45) is 2.16. The van der Waals surface area contributed by atoms with Gasteiger partial charge in [0.05, 0.1) is 19.8 Å². The lowest BCUT2D eigenvalue weighted by Gasteiger charge is -2.04. The topological polar surface area (TPSA) is 61.8 Å². The first kappa shape index (κ1) is 13.1. The third kappa shape index (κ3) is 11.1. The van der Waals surface area contributed by atoms with E-state index in [-0.39, 0.29) is 6.61 Å². The fourth-order valence-corrected chi connectivity index (χ4v) is 0.746. The van der Waals surface area contributed by atoms with E-state index < -0.39 is 0 Å². The van der Waals surface area contributed by atoms with Gasteiger partial charge in [0, 0.05) is 13.0 Å². The molecule has 0 aromatic heterocycles. The second kappa shape index (κ2) is 12.1. The van der Waals surface area contributed by atoms with Gasteiger partial charge in [-0.1, -0.05) is 0 Å². The van der Waals surface area contributed by atoms with Gasteiger partial charge in [-0.15, -0.1) is 0 Å². The van der Waals surface area contributed by atoms with Crippen molar-refractivity contribution in [3.63, 3.8) is 0 Å². The Morgan fingerprint density at radius 2 is 1.50 bits per heavy atom. The highest BCUT2D eigenvalue weighted by Crippen LogP contribution is 1.86. The Labute approximate surface area is 83.3 Å². The van der Waals surface area contributed by atoms with Crippen molar-refractivity contribution in [2.24, 2.45) is 0 Å². The molecule has 82 valence electrons. The van der Waals surface area contributed by atoms with Crippen LogP contribution < -0.4 is 0 Å². The Kier molecular flexibility index (Phi) is 11.3. The zero-order valence-corrected chi connectivity index (χ0v) is 8.15. The van der Waals surface area contributed by atoms with Crippen molar-refractivity contribution in [1.82, 2.24) is 0 Å². The minimum absolute atomic E-state index is 0.272. The number of carbonyl (C=O) groups is 2. The Bertz CT molecular complexity index is 121. The predicted octanol–water partition coefficient (Wildman–Crippen LogP) is 0.172. The molecule has 0 aliphatic carbocycles. The van der Waals surface area contributed by atoms with Gasteiger partial charge < -0.3 is 19.0 Å². The van der Waals surface area contributed by atoms with Gasteiger partial charge >= 0.3 is 0 Å². The van der Waals surface area contributed by atoms with Gasteiger partial charge in [0.1, 0.15) is 12.9 Å². The van der Waals surface area contributed by atoms with E-state index in [9.17, 15) is 9.59 Å². The van der Waals surface area contributed by atoms with E-state index in [1.165, 1.54) is 0 Å². The molecule has 0 aliphatic heterocycles. The maximum absolute atomic E-state index is 9.92. The zero-order valence-electron chi connectivity index (χ0n) is 8.15. The Hall–Kier alpha value is -0.940. The van der Waals surface area contributed by atoms with Gasteiger partial charge in [-0.2, -0.15) is 0 Å². The minimum atomic E-state index is 0.272. The third-order valence-corrected chi connectivity index (χ3v) is 1.40. The fourth-order valence-electron chi connectivity index (χ4n) is 0.746. The summed E-state index contributed by atoms with van der Waals surface area (Å²) in [5.41, 5.74) is 0. The van der Waals surface area contributed by atoms with Gasteiger partial charge in [-0.25, -0.2) is 0 Å². The summed E-state index contributed by atoms with van der Waals surface area (Å²) >= 11 is 0. The molecular formula is C9H16O5. The summed E-state index contributed by atoms with van der Waals surface area (Å²) in [5, 5.41) is 0. The number of carbonyl (C=O) groups excluding carboxylic acids is 2. The molecular weight excluding hydrogens is 188 g/mol. The Morgan fingerprint density at radius 3 is 2.14 bits per heavy atom. The molecule has 0 atom stereocenters. The molecule has 0 unspecified atom stereocenters. The Morgan fingerprint density at radius 1 is 0.857 bits per heavy atom. The van der Waals surface area contributed by atoms with E-state index in [1.54, 1.807) is 0 Å². The molecule has 0 N–H and O–H groups in total. The van der Waals surface area contributed by atoms with E-state index in [1.807, 2.05) is 0 Å². The summed E-state index contributed by atoms with van der Waals surface area (Å²) in [6.45, 7) is 2.60. The highest BCUT2D eigenvalue weighted by Gasteiger charge is 1.90. The van der Waals surface area contributed by atoms with Crippen molar-refractivity contribution in [3.8, 4) is 0 Å². The SMILES string of the molecule is O=CCCCOCCOCCOC=O. The van der Waals surface area contributed by atoms with Crippen LogP contribution in [-0.2, 0) is 23.8 Å². The van der Waals surface area contributed by atoms with Gasteiger partial charge in [-0.05, 0) is 6.42 Å². The molecule has 0 rings (SSSR count). The molecule has 0 saturated carbocycles. The van der Waals surface area contributed by atoms with E-state index >= 15 is 0 Å². The van der Waals surface area contributed by atoms with Crippen LogP contribution in [0.3, 0.4) is 0 Å². The first-order valence-corrected chi connectivity index (χ1v) is 4.56. The number of ether oxygens (including phenoxy) is 3. The van der Waals surface area contributed by atoms with Crippen LogP contribution in [0.4, 0.5) is 0 Å². The standard InChI is InChI=1S/C9H16O5/c10-3-1-2-4-12-5-6-13-7-8-14-9-11/h3,9H,1-2,4-8H2. The lowest BCUT2D eigenvalue weighted by molar-refractivity contribution is -0.130. The van der Waals surface area contributed by atoms with Gasteiger partial charge in [0.2, 0.25) is 0 Å². The van der Waals surface area contributed by atoms with Crippen LogP contribution in [0.5, 0.6) is 0 Å². The second-order valence-electron chi connectivity index (χ2n) is 2.50. The molecule has 0 spiro atoms. The third-order valence-electron chi connectivity index (χ3n) is 1.40. The van der Waals surface area contributed by atoms with Gasteiger partial charge in [0.25, 0.3) is 6.47 Å². The largest absolute Gasteiger partial charge is 0.465 e. The maximum Gasteiger partial charge on any atom is 0.293 e. The van der Waals surface area contributed by atoms with E-state index in [2.05, 4.69) is 4.74 Å². The van der Waals surface area contributed by atoms with E-state index in [0.29, 0.717) is 39.3 Å². The molecule has 0 bridgehead atoms. The summed E-state index contributed by atoms with van der Waals surface area (Å²) in [7, 11) is 0. The summed E-state index contributed by atoms with van der Waals surface area (Å²) in [4.78, 5) is 19.6. The lowest BCUT2D eigenvalue weighted by atomic mass is 10.3. The average molecular weight is 204 g/mol. The highest BCUT2D eigenvalue weighted by molar-refractivity contribution is 5.48. The van der Waals surface area contributed by atoms with Crippen molar-refractivity contribution in [2.75, 3.05) is 33.0 Å². The van der Waals surface area contributed by atoms with Crippen LogP contribution in [0.1, 0.15) is 12.8 Å². The van der Waals surface area contributed by atoms with Crippen molar-refractivity contribution in [2.45, 2.75) is 12.8 Å². The van der Waals surface area contributed by atoms with Crippen molar-refractivity contribution in [3.05, 3.63) is 0 Å². The second-order valence-corrected chi connectivity index (χ2v) is 2.50. The predicted molar refractivity (Wildman–Crippen MR) is 49.0 cm³/mol. The molecule has 0 aromatic rings. The van der Waals surface area contributed by atoms with Crippen LogP contribution >= 0.6 is 0 Å². The van der Waals surface area contributed by atoms with Crippen molar-refractivity contribution >= 4 is 12.8 Å². The monoisotopic (exact) mass is 204 g/mol. The fraction of sp³-hybridized carbons (Fsp3) is 0.778. The Balaban J connectivity index is 2.84. The van der Waals surface area contributed by atoms with E-state index in [0.717, 1.165) is 12.7 Å². The van der Waals surface area contributed by atoms with Gasteiger partial charge in [0.15, 0.2) is 0 Å². The molecule has 0 fully saturated rings. The number of aldehydes is 1. The van der Waals surface area contributed by atoms with Crippen molar-refractivity contribution < 1.29 is 23.8 Å². The molecule has 5 nitrogen and oxygen atoms in total. The molecule has 14 heavy (non-hydrogen) atoms. The van der Waals surface area contributed by atoms with Crippen LogP contribution in [0, 0.1) is 0 Å². The molecule has 0 radical (unpaired) electrons. The lowest BCUT2D eigenvalue weighted by Crippen LogP contribution is -2.09. The summed E-state index contributed by atoms with van der Waals surface area (Å²) in [6, 6.07) is 0. The van der Waals surface area contributed by atoms with Crippen LogP contribution in [0.2, 0.25) is 0 Å². The number of unbranched alkanes of at least 4 members (excludes halogenated alkanes) is 1. The highest BCUT2D eigenvalue weighted by atomic mass is 16.6. The smallest absolute Gasteiger partial charge is 0.293 e. The normalized spacial score (nSPS) is 9.71. The summed E-state index contributed by atoms with van der Waals surface area (Å²) in [5.74, 6) is 0. The maximum atomic E-state index is 9.92. The number of rotatable bonds is 11. The summed E-state index contributed by atoms with van der Waals surface area (Å²) < 4.78 is 14.6. The number of hydrogen-bond acceptors (Lipinski definition) is 5. The molecule has 0 amide bonds.